The van der Waals surface area contributed by atoms with Crippen LogP contribution in [0.25, 0.3) is 22.1 Å². The summed E-state index contributed by atoms with van der Waals surface area (Å²) in [6.07, 6.45) is 2.35. The van der Waals surface area contributed by atoms with Gasteiger partial charge in [0.15, 0.2) is 5.78 Å². The van der Waals surface area contributed by atoms with Crippen LogP contribution in [0.2, 0.25) is 0 Å². The number of hydrogen-bond donors (Lipinski definition) is 3. The van der Waals surface area contributed by atoms with E-state index in [1.54, 1.807) is 40.1 Å². The Hall–Kier alpha value is -4.94. The molecular formula is C35H43N7O6. The van der Waals surface area contributed by atoms with E-state index in [4.69, 9.17) is 19.4 Å². The standard InChI is InChI=1S/C35H43N7O6/c1-34(2,3)47-32(45)41-16-8-12-25(41)29-37-22-15-14-20(18-24(22)39-29)27(43)19-36-31(44)21-10-7-11-23-28(21)40-30(38-23)26-13-9-17-42(26)33(46)48-35(4,5)6/h7,10-11,14-15,18,25-26H,8-9,12-13,16-17,19H2,1-6H3,(H,36,44)(H,37,39)(H,38,40)/t25-,26-/m0/s1. The van der Waals surface area contributed by atoms with Gasteiger partial charge in [-0.2, -0.15) is 0 Å². The van der Waals surface area contributed by atoms with Crippen LogP contribution in [0.3, 0.4) is 0 Å². The fourth-order valence-electron chi connectivity index (χ4n) is 6.29. The Bertz CT molecular complexity index is 1880. The number of ketones is 1. The van der Waals surface area contributed by atoms with Gasteiger partial charge in [0.05, 0.1) is 40.7 Å². The van der Waals surface area contributed by atoms with Crippen LogP contribution < -0.4 is 5.32 Å². The van der Waals surface area contributed by atoms with Gasteiger partial charge in [0.25, 0.3) is 5.91 Å². The summed E-state index contributed by atoms with van der Waals surface area (Å²) in [7, 11) is 0. The van der Waals surface area contributed by atoms with E-state index in [-0.39, 0.29) is 30.5 Å². The number of nitrogens with zero attached hydrogens (tertiary/aromatic N) is 4. The number of benzene rings is 2. The molecule has 48 heavy (non-hydrogen) atoms. The van der Waals surface area contributed by atoms with Crippen LogP contribution >= 0.6 is 0 Å². The molecule has 3 N–H and O–H groups in total. The molecule has 254 valence electrons. The zero-order chi connectivity index (χ0) is 34.4. The third-order valence-electron chi connectivity index (χ3n) is 8.40. The molecule has 0 saturated carbocycles. The molecule has 0 radical (unpaired) electrons. The van der Waals surface area contributed by atoms with Crippen LogP contribution in [0.5, 0.6) is 0 Å². The molecule has 0 aliphatic carbocycles. The maximum absolute atomic E-state index is 13.3. The van der Waals surface area contributed by atoms with Crippen LogP contribution in [-0.2, 0) is 9.47 Å². The quantitative estimate of drug-likeness (QED) is 0.207. The summed E-state index contributed by atoms with van der Waals surface area (Å²) < 4.78 is 11.2. The lowest BCUT2D eigenvalue weighted by Crippen LogP contribution is -2.36. The number of carbonyl (C=O) groups excluding carboxylic acids is 4. The molecular weight excluding hydrogens is 614 g/mol. The molecule has 2 aliphatic rings. The van der Waals surface area contributed by atoms with E-state index in [1.807, 2.05) is 47.6 Å². The van der Waals surface area contributed by atoms with E-state index < -0.39 is 23.2 Å². The molecule has 2 atom stereocenters. The van der Waals surface area contributed by atoms with Crippen molar-refractivity contribution in [3.05, 3.63) is 59.2 Å². The molecule has 0 bridgehead atoms. The van der Waals surface area contributed by atoms with Crippen molar-refractivity contribution in [2.45, 2.75) is 90.5 Å². The van der Waals surface area contributed by atoms with Crippen molar-refractivity contribution in [2.75, 3.05) is 19.6 Å². The first kappa shape index (κ1) is 33.0. The molecule has 2 aromatic carbocycles. The van der Waals surface area contributed by atoms with E-state index in [0.717, 1.165) is 25.7 Å². The van der Waals surface area contributed by atoms with Gasteiger partial charge in [-0.15, -0.1) is 0 Å². The molecule has 13 nitrogen and oxygen atoms in total. The molecule has 2 fully saturated rings. The average Bonchev–Trinajstić information content (AvgIpc) is 3.81. The Morgan fingerprint density at radius 3 is 2.00 bits per heavy atom. The topological polar surface area (TPSA) is 163 Å². The lowest BCUT2D eigenvalue weighted by atomic mass is 10.1. The number of ether oxygens (including phenoxy) is 2. The van der Waals surface area contributed by atoms with E-state index in [1.165, 1.54) is 0 Å². The SMILES string of the molecule is CC(C)(C)OC(=O)N1CCC[C@H]1c1nc2ccc(C(=O)CNC(=O)c3cccc4[nH]c([C@@H]5CCCN5C(=O)OC(C)(C)C)nc34)cc2[nH]1. The van der Waals surface area contributed by atoms with Crippen molar-refractivity contribution in [3.8, 4) is 0 Å². The van der Waals surface area contributed by atoms with Gasteiger partial charge in [0.2, 0.25) is 0 Å². The van der Waals surface area contributed by atoms with Gasteiger partial charge >= 0.3 is 12.2 Å². The highest BCUT2D eigenvalue weighted by Gasteiger charge is 2.36. The highest BCUT2D eigenvalue weighted by atomic mass is 16.6. The van der Waals surface area contributed by atoms with Gasteiger partial charge in [-0.25, -0.2) is 19.6 Å². The summed E-state index contributed by atoms with van der Waals surface area (Å²) in [6, 6.07) is 9.85. The van der Waals surface area contributed by atoms with Gasteiger partial charge in [0, 0.05) is 18.7 Å². The Kier molecular flexibility index (Phi) is 8.65. The van der Waals surface area contributed by atoms with E-state index in [9.17, 15) is 19.2 Å². The van der Waals surface area contributed by atoms with Crippen molar-refractivity contribution < 1.29 is 28.7 Å². The molecule has 0 spiro atoms. The number of Topliss-reactive ketones (excluding diaryl/α,β-unsaturated/α-hetero) is 1. The first-order valence-electron chi connectivity index (χ1n) is 16.5. The van der Waals surface area contributed by atoms with Crippen LogP contribution in [0.4, 0.5) is 9.59 Å². The number of hydrogen-bond acceptors (Lipinski definition) is 8. The third-order valence-corrected chi connectivity index (χ3v) is 8.40. The molecule has 6 rings (SSSR count). The molecule has 2 aliphatic heterocycles. The predicted octanol–water partition coefficient (Wildman–Crippen LogP) is 6.20. The van der Waals surface area contributed by atoms with Crippen molar-refractivity contribution in [1.29, 1.82) is 0 Å². The number of aromatic amines is 2. The lowest BCUT2D eigenvalue weighted by Gasteiger charge is -2.27. The Labute approximate surface area is 278 Å². The van der Waals surface area contributed by atoms with Gasteiger partial charge in [-0.1, -0.05) is 6.07 Å². The second kappa shape index (κ2) is 12.6. The number of imidazole rings is 2. The number of likely N-dealkylation sites (tertiary alicyclic amines) is 2. The van der Waals surface area contributed by atoms with Crippen molar-refractivity contribution in [1.82, 2.24) is 35.1 Å². The van der Waals surface area contributed by atoms with Gasteiger partial charge in [0.1, 0.15) is 28.4 Å². The number of para-hydroxylation sites is 1. The minimum atomic E-state index is -0.617. The lowest BCUT2D eigenvalue weighted by molar-refractivity contribution is 0.0208. The maximum atomic E-state index is 13.3. The number of aromatic nitrogens is 4. The van der Waals surface area contributed by atoms with Gasteiger partial charge in [-0.05, 0) is 97.6 Å². The smallest absolute Gasteiger partial charge is 0.410 e. The van der Waals surface area contributed by atoms with Crippen LogP contribution in [0.1, 0.15) is 112 Å². The molecule has 2 aromatic heterocycles. The minimum absolute atomic E-state index is 0.219. The Balaban J connectivity index is 1.13. The third kappa shape index (κ3) is 6.99. The molecule has 0 unspecified atom stereocenters. The van der Waals surface area contributed by atoms with E-state index >= 15 is 0 Å². The Morgan fingerprint density at radius 2 is 1.40 bits per heavy atom. The van der Waals surface area contributed by atoms with E-state index in [0.29, 0.717) is 57.9 Å². The Morgan fingerprint density at radius 1 is 0.812 bits per heavy atom. The maximum Gasteiger partial charge on any atom is 0.410 e. The second-order valence-electron chi connectivity index (χ2n) is 14.4. The number of carbonyl (C=O) groups is 4. The number of H-pyrrole nitrogens is 2. The molecule has 4 aromatic rings. The largest absolute Gasteiger partial charge is 0.444 e. The number of amides is 3. The summed E-state index contributed by atoms with van der Waals surface area (Å²) in [5.74, 6) is 0.524. The number of rotatable bonds is 6. The van der Waals surface area contributed by atoms with Gasteiger partial charge < -0.3 is 24.8 Å². The predicted molar refractivity (Wildman–Crippen MR) is 179 cm³/mol. The summed E-state index contributed by atoms with van der Waals surface area (Å²) in [5.41, 5.74) is 1.99. The second-order valence-corrected chi connectivity index (χ2v) is 14.4. The zero-order valence-corrected chi connectivity index (χ0v) is 28.3. The van der Waals surface area contributed by atoms with Crippen molar-refractivity contribution >= 4 is 45.9 Å². The van der Waals surface area contributed by atoms with Gasteiger partial charge in [-0.3, -0.25) is 19.4 Å². The first-order valence-corrected chi connectivity index (χ1v) is 16.5. The summed E-state index contributed by atoms with van der Waals surface area (Å²) in [4.78, 5) is 71.6. The van der Waals surface area contributed by atoms with Crippen LogP contribution in [0, 0.1) is 0 Å². The average molecular weight is 658 g/mol. The monoisotopic (exact) mass is 657 g/mol. The molecule has 4 heterocycles. The van der Waals surface area contributed by atoms with Crippen molar-refractivity contribution in [3.63, 3.8) is 0 Å². The summed E-state index contributed by atoms with van der Waals surface area (Å²) >= 11 is 0. The normalized spacial score (nSPS) is 18.5. The molecule has 3 amide bonds. The fourth-order valence-corrected chi connectivity index (χ4v) is 6.29. The van der Waals surface area contributed by atoms with Crippen LogP contribution in [-0.4, -0.2) is 84.4 Å². The highest BCUT2D eigenvalue weighted by Crippen LogP contribution is 2.34. The zero-order valence-electron chi connectivity index (χ0n) is 28.3. The van der Waals surface area contributed by atoms with Crippen molar-refractivity contribution in [2.24, 2.45) is 0 Å². The molecule has 2 saturated heterocycles. The summed E-state index contributed by atoms with van der Waals surface area (Å²) in [5, 5.41) is 2.74. The highest BCUT2D eigenvalue weighted by molar-refractivity contribution is 6.08. The number of fused-ring (bicyclic) bond motifs is 2. The minimum Gasteiger partial charge on any atom is -0.444 e. The number of nitrogens with one attached hydrogen (secondary N) is 3. The first-order chi connectivity index (χ1) is 22.7. The molecule has 13 heteroatoms. The fraction of sp³-hybridized carbons (Fsp3) is 0.486. The van der Waals surface area contributed by atoms with Crippen LogP contribution in [0.15, 0.2) is 36.4 Å². The van der Waals surface area contributed by atoms with E-state index in [2.05, 4.69) is 15.3 Å². The summed E-state index contributed by atoms with van der Waals surface area (Å²) in [6.45, 7) is 11.9.